The summed E-state index contributed by atoms with van der Waals surface area (Å²) in [5, 5.41) is 10.2. The van der Waals surface area contributed by atoms with E-state index >= 15 is 0 Å². The lowest BCUT2D eigenvalue weighted by Gasteiger charge is -2.15. The summed E-state index contributed by atoms with van der Waals surface area (Å²) in [5.74, 6) is -2.06. The van der Waals surface area contributed by atoms with Crippen LogP contribution in [-0.4, -0.2) is 30.3 Å². The summed E-state index contributed by atoms with van der Waals surface area (Å²) in [6.07, 6.45) is 1.45. The highest BCUT2D eigenvalue weighted by atomic mass is 32.2. The van der Waals surface area contributed by atoms with Crippen LogP contribution in [0.25, 0.3) is 5.57 Å². The van der Waals surface area contributed by atoms with Gasteiger partial charge < -0.3 is 5.11 Å². The first-order chi connectivity index (χ1) is 14.4. The van der Waals surface area contributed by atoms with Crippen LogP contribution in [0.4, 0.5) is 11.5 Å². The molecule has 1 aromatic heterocycles. The highest BCUT2D eigenvalue weighted by Crippen LogP contribution is 2.32. The summed E-state index contributed by atoms with van der Waals surface area (Å²) in [7, 11) is -3.91. The molecule has 4 rings (SSSR count). The van der Waals surface area contributed by atoms with E-state index in [4.69, 9.17) is 0 Å². The van der Waals surface area contributed by atoms with Gasteiger partial charge in [-0.15, -0.1) is 0 Å². The van der Waals surface area contributed by atoms with E-state index in [1.807, 2.05) is 0 Å². The molecular weight excluding hydrogens is 406 g/mol. The first kappa shape index (κ1) is 19.3. The number of anilines is 2. The van der Waals surface area contributed by atoms with Crippen LogP contribution in [0.15, 0.2) is 89.6 Å². The fourth-order valence-electron chi connectivity index (χ4n) is 3.01. The first-order valence-corrected chi connectivity index (χ1v) is 10.3. The molecule has 0 spiro atoms. The van der Waals surface area contributed by atoms with E-state index in [0.717, 1.165) is 4.90 Å². The van der Waals surface area contributed by atoms with Gasteiger partial charge in [-0.3, -0.25) is 14.3 Å². The fourth-order valence-corrected chi connectivity index (χ4v) is 4.02. The van der Waals surface area contributed by atoms with Gasteiger partial charge in [0.05, 0.1) is 16.2 Å². The Morgan fingerprint density at radius 2 is 1.50 bits per heavy atom. The molecule has 2 heterocycles. The second kappa shape index (κ2) is 7.45. The number of nitrogens with one attached hydrogen (secondary N) is 1. The second-order valence-electron chi connectivity index (χ2n) is 6.35. The number of sulfonamides is 1. The van der Waals surface area contributed by atoms with Gasteiger partial charge >= 0.3 is 5.91 Å². The van der Waals surface area contributed by atoms with E-state index in [1.54, 1.807) is 42.5 Å². The van der Waals surface area contributed by atoms with Gasteiger partial charge in [-0.2, -0.15) is 0 Å². The molecule has 150 valence electrons. The Labute approximate surface area is 172 Å². The quantitative estimate of drug-likeness (QED) is 0.612. The van der Waals surface area contributed by atoms with Gasteiger partial charge in [0, 0.05) is 6.20 Å². The van der Waals surface area contributed by atoms with Crippen molar-refractivity contribution in [3.8, 4) is 0 Å². The van der Waals surface area contributed by atoms with Crippen molar-refractivity contribution in [1.82, 2.24) is 4.98 Å². The summed E-state index contributed by atoms with van der Waals surface area (Å²) in [4.78, 5) is 29.9. The first-order valence-electron chi connectivity index (χ1n) is 8.80. The van der Waals surface area contributed by atoms with Crippen molar-refractivity contribution in [1.29, 1.82) is 0 Å². The average molecular weight is 421 g/mol. The number of pyridine rings is 1. The van der Waals surface area contributed by atoms with Crippen LogP contribution in [0, 0.1) is 0 Å². The zero-order valence-corrected chi connectivity index (χ0v) is 16.2. The third-order valence-corrected chi connectivity index (χ3v) is 5.80. The smallest absolute Gasteiger partial charge is 0.301 e. The number of carbonyl (C=O) groups is 2. The van der Waals surface area contributed by atoms with Gasteiger partial charge in [0.15, 0.2) is 5.76 Å². The van der Waals surface area contributed by atoms with Crippen molar-refractivity contribution < 1.29 is 23.1 Å². The third kappa shape index (κ3) is 3.42. The van der Waals surface area contributed by atoms with Crippen LogP contribution in [0.3, 0.4) is 0 Å². The number of aromatic nitrogens is 1. The monoisotopic (exact) mass is 421 g/mol. The summed E-state index contributed by atoms with van der Waals surface area (Å²) >= 11 is 0. The molecule has 0 unspecified atom stereocenters. The lowest BCUT2D eigenvalue weighted by molar-refractivity contribution is -0.121. The SMILES string of the molecule is O=C1C(O)=C(c2ccccc2)C(=O)N1c1ccc(S(=O)(=O)Nc2ccccn2)cc1. The Morgan fingerprint density at radius 1 is 0.833 bits per heavy atom. The molecule has 2 aromatic carbocycles. The number of carbonyl (C=O) groups excluding carboxylic acids is 2. The maximum Gasteiger partial charge on any atom is 0.301 e. The zero-order valence-electron chi connectivity index (χ0n) is 15.4. The lowest BCUT2D eigenvalue weighted by atomic mass is 10.1. The standard InChI is InChI=1S/C21H15N3O5S/c25-19-18(14-6-2-1-3-7-14)20(26)24(21(19)27)15-9-11-16(12-10-15)30(28,29)23-17-8-4-5-13-22-17/h1-13,25H,(H,22,23). The minimum absolute atomic E-state index is 0.0727. The number of amides is 2. The number of aliphatic hydroxyl groups is 1. The summed E-state index contributed by atoms with van der Waals surface area (Å²) < 4.78 is 27.4. The van der Waals surface area contributed by atoms with Crippen molar-refractivity contribution in [3.63, 3.8) is 0 Å². The van der Waals surface area contributed by atoms with Gasteiger partial charge in [0.1, 0.15) is 5.82 Å². The Kier molecular flexibility index (Phi) is 4.80. The summed E-state index contributed by atoms with van der Waals surface area (Å²) in [5.41, 5.74) is 0.447. The molecule has 0 saturated carbocycles. The number of aliphatic hydroxyl groups excluding tert-OH is 1. The van der Waals surface area contributed by atoms with Gasteiger partial charge in [-0.1, -0.05) is 36.4 Å². The van der Waals surface area contributed by atoms with E-state index in [1.165, 1.54) is 36.5 Å². The summed E-state index contributed by atoms with van der Waals surface area (Å²) in [6.45, 7) is 0. The van der Waals surface area contributed by atoms with Crippen LogP contribution in [0.5, 0.6) is 0 Å². The topological polar surface area (TPSA) is 117 Å². The predicted octanol–water partition coefficient (Wildman–Crippen LogP) is 2.72. The molecule has 0 fully saturated rings. The van der Waals surface area contributed by atoms with Gasteiger partial charge in [-0.05, 0) is 42.0 Å². The van der Waals surface area contributed by atoms with E-state index < -0.39 is 27.6 Å². The third-order valence-electron chi connectivity index (χ3n) is 4.43. The molecule has 8 nitrogen and oxygen atoms in total. The molecule has 1 aliphatic heterocycles. The molecule has 0 aliphatic carbocycles. The Bertz CT molecular complexity index is 1260. The largest absolute Gasteiger partial charge is 0.502 e. The van der Waals surface area contributed by atoms with Gasteiger partial charge in [-0.25, -0.2) is 18.3 Å². The minimum atomic E-state index is -3.91. The maximum atomic E-state index is 12.8. The molecule has 0 bridgehead atoms. The van der Waals surface area contributed by atoms with Crippen LogP contribution in [-0.2, 0) is 19.6 Å². The van der Waals surface area contributed by atoms with E-state index in [9.17, 15) is 23.1 Å². The molecule has 9 heteroatoms. The molecule has 2 N–H and O–H groups in total. The Hall–Kier alpha value is -3.98. The maximum absolute atomic E-state index is 12.8. The minimum Gasteiger partial charge on any atom is -0.502 e. The molecular formula is C21H15N3O5S. The normalized spacial score (nSPS) is 14.3. The van der Waals surface area contributed by atoms with Crippen molar-refractivity contribution in [2.24, 2.45) is 0 Å². The number of nitrogens with zero attached hydrogens (tertiary/aromatic N) is 2. The molecule has 0 atom stereocenters. The van der Waals surface area contributed by atoms with E-state index in [0.29, 0.717) is 5.56 Å². The second-order valence-corrected chi connectivity index (χ2v) is 8.03. The Morgan fingerprint density at radius 3 is 2.13 bits per heavy atom. The van der Waals surface area contributed by atoms with Crippen molar-refractivity contribution in [2.75, 3.05) is 9.62 Å². The van der Waals surface area contributed by atoms with E-state index in [2.05, 4.69) is 9.71 Å². The van der Waals surface area contributed by atoms with Crippen molar-refractivity contribution in [2.45, 2.75) is 4.90 Å². The Balaban J connectivity index is 1.61. The van der Waals surface area contributed by atoms with Crippen LogP contribution < -0.4 is 9.62 Å². The van der Waals surface area contributed by atoms with Crippen LogP contribution in [0.2, 0.25) is 0 Å². The average Bonchev–Trinajstić information content (AvgIpc) is 2.97. The molecule has 30 heavy (non-hydrogen) atoms. The summed E-state index contributed by atoms with van der Waals surface area (Å²) in [6, 6.07) is 18.3. The molecule has 3 aromatic rings. The van der Waals surface area contributed by atoms with Gasteiger partial charge in [0.25, 0.3) is 15.9 Å². The number of rotatable bonds is 5. The number of benzene rings is 2. The number of hydrogen-bond acceptors (Lipinski definition) is 6. The molecule has 0 saturated heterocycles. The van der Waals surface area contributed by atoms with Crippen molar-refractivity contribution in [3.05, 3.63) is 90.3 Å². The van der Waals surface area contributed by atoms with E-state index in [-0.39, 0.29) is 22.0 Å². The predicted molar refractivity (Wildman–Crippen MR) is 110 cm³/mol. The fraction of sp³-hybridized carbons (Fsp3) is 0. The van der Waals surface area contributed by atoms with Gasteiger partial charge in [0.2, 0.25) is 0 Å². The van der Waals surface area contributed by atoms with Crippen molar-refractivity contribution >= 4 is 38.9 Å². The zero-order chi connectivity index (χ0) is 21.3. The molecule has 0 radical (unpaired) electrons. The van der Waals surface area contributed by atoms with Crippen LogP contribution >= 0.6 is 0 Å². The lowest BCUT2D eigenvalue weighted by Crippen LogP contribution is -2.31. The molecule has 1 aliphatic rings. The highest BCUT2D eigenvalue weighted by molar-refractivity contribution is 7.92. The number of imide groups is 1. The van der Waals surface area contributed by atoms with Crippen LogP contribution in [0.1, 0.15) is 5.56 Å². The molecule has 2 amide bonds. The highest BCUT2D eigenvalue weighted by Gasteiger charge is 2.40. The number of hydrogen-bond donors (Lipinski definition) is 2.